The van der Waals surface area contributed by atoms with Crippen molar-refractivity contribution in [3.8, 4) is 5.75 Å². The van der Waals surface area contributed by atoms with Crippen LogP contribution in [0.15, 0.2) is 35.3 Å². The van der Waals surface area contributed by atoms with Gasteiger partial charge in [-0.1, -0.05) is 12.1 Å². The lowest BCUT2D eigenvalue weighted by Crippen LogP contribution is -2.25. The lowest BCUT2D eigenvalue weighted by Gasteiger charge is -2.11. The molecule has 0 bridgehead atoms. The molecule has 138 valence electrons. The Hall–Kier alpha value is -2.84. The predicted octanol–water partition coefficient (Wildman–Crippen LogP) is 3.17. The van der Waals surface area contributed by atoms with E-state index >= 15 is 0 Å². The van der Waals surface area contributed by atoms with Gasteiger partial charge in [0.15, 0.2) is 18.0 Å². The van der Waals surface area contributed by atoms with Crippen LogP contribution in [0.1, 0.15) is 11.4 Å². The molecule has 0 spiro atoms. The first kappa shape index (κ1) is 18.0. The van der Waals surface area contributed by atoms with Crippen LogP contribution in [0.25, 0.3) is 11.0 Å². The van der Waals surface area contributed by atoms with Crippen LogP contribution < -0.4 is 10.3 Å². The van der Waals surface area contributed by atoms with Crippen molar-refractivity contribution in [1.82, 2.24) is 14.1 Å². The maximum absolute atomic E-state index is 13.0. The Balaban J connectivity index is 2.07. The summed E-state index contributed by atoms with van der Waals surface area (Å²) in [5.41, 5.74) is 0.376. The summed E-state index contributed by atoms with van der Waals surface area (Å²) in [6, 6.07) is 5.58. The molecule has 0 amide bonds. The molecule has 0 radical (unpaired) electrons. The summed E-state index contributed by atoms with van der Waals surface area (Å²) in [7, 11) is 1.57. The Morgan fingerprint density at radius 3 is 2.46 bits per heavy atom. The molecule has 0 aliphatic carbocycles. The number of hydrogen-bond acceptors (Lipinski definition) is 3. The quantitative estimate of drug-likeness (QED) is 0.664. The molecule has 3 rings (SSSR count). The minimum Gasteiger partial charge on any atom is -0.482 e. The minimum absolute atomic E-state index is 0.0236. The van der Waals surface area contributed by atoms with Gasteiger partial charge in [0.25, 0.3) is 5.56 Å². The van der Waals surface area contributed by atoms with E-state index in [-0.39, 0.29) is 23.3 Å². The van der Waals surface area contributed by atoms with E-state index in [1.807, 2.05) is 0 Å². The van der Waals surface area contributed by atoms with Gasteiger partial charge in [0.05, 0.1) is 6.54 Å². The number of aromatic nitrogens is 3. The first-order valence-electron chi connectivity index (χ1n) is 7.66. The average Bonchev–Trinajstić information content (AvgIpc) is 2.87. The molecule has 0 N–H and O–H groups in total. The molecule has 0 aliphatic rings. The van der Waals surface area contributed by atoms with E-state index in [0.29, 0.717) is 11.4 Å². The second kappa shape index (κ2) is 6.47. The van der Waals surface area contributed by atoms with Crippen LogP contribution in [-0.4, -0.2) is 26.9 Å². The SMILES string of the molecule is Cc1nc2c(c(OCC(F)(F)F)cn2C)c(=O)n1Cc1ccc(F)cc1. The summed E-state index contributed by atoms with van der Waals surface area (Å²) in [5, 5.41) is -0.0236. The van der Waals surface area contributed by atoms with Crippen molar-refractivity contribution in [3.05, 3.63) is 58.0 Å². The fraction of sp³-hybridized carbons (Fsp3) is 0.294. The third-order valence-corrected chi connectivity index (χ3v) is 3.88. The number of halogens is 4. The fourth-order valence-electron chi connectivity index (χ4n) is 2.65. The van der Waals surface area contributed by atoms with Crippen molar-refractivity contribution in [3.63, 3.8) is 0 Å². The maximum Gasteiger partial charge on any atom is 0.422 e. The molecule has 0 fully saturated rings. The van der Waals surface area contributed by atoms with E-state index in [1.165, 1.54) is 39.6 Å². The Labute approximate surface area is 145 Å². The lowest BCUT2D eigenvalue weighted by atomic mass is 10.2. The van der Waals surface area contributed by atoms with Gasteiger partial charge >= 0.3 is 6.18 Å². The zero-order chi connectivity index (χ0) is 19.1. The lowest BCUT2D eigenvalue weighted by molar-refractivity contribution is -0.153. The molecule has 3 aromatic rings. The first-order chi connectivity index (χ1) is 12.2. The van der Waals surface area contributed by atoms with Crippen molar-refractivity contribution in [2.24, 2.45) is 7.05 Å². The van der Waals surface area contributed by atoms with Crippen molar-refractivity contribution in [1.29, 1.82) is 0 Å². The minimum atomic E-state index is -4.52. The molecule has 0 unspecified atom stereocenters. The summed E-state index contributed by atoms with van der Waals surface area (Å²) in [6.07, 6.45) is -3.22. The van der Waals surface area contributed by atoms with Crippen LogP contribution >= 0.6 is 0 Å². The van der Waals surface area contributed by atoms with Gasteiger partial charge in [-0.3, -0.25) is 9.36 Å². The molecular formula is C17H15F4N3O2. The van der Waals surface area contributed by atoms with Gasteiger partial charge in [-0.2, -0.15) is 13.2 Å². The van der Waals surface area contributed by atoms with Crippen molar-refractivity contribution in [2.45, 2.75) is 19.6 Å². The monoisotopic (exact) mass is 369 g/mol. The number of rotatable bonds is 4. The van der Waals surface area contributed by atoms with Gasteiger partial charge in [0.2, 0.25) is 0 Å². The molecule has 0 saturated heterocycles. The topological polar surface area (TPSA) is 49.1 Å². The number of benzene rings is 1. The van der Waals surface area contributed by atoms with Crippen molar-refractivity contribution >= 4 is 11.0 Å². The summed E-state index contributed by atoms with van der Waals surface area (Å²) in [6.45, 7) is 0.229. The van der Waals surface area contributed by atoms with Gasteiger partial charge in [-0.05, 0) is 24.6 Å². The molecule has 5 nitrogen and oxygen atoms in total. The van der Waals surface area contributed by atoms with Crippen LogP contribution in [0.4, 0.5) is 17.6 Å². The molecule has 2 heterocycles. The number of ether oxygens (including phenoxy) is 1. The molecule has 0 saturated carbocycles. The summed E-state index contributed by atoms with van der Waals surface area (Å²) in [4.78, 5) is 17.2. The first-order valence-corrected chi connectivity index (χ1v) is 7.66. The number of alkyl halides is 3. The van der Waals surface area contributed by atoms with Gasteiger partial charge in [0, 0.05) is 13.2 Å². The molecule has 26 heavy (non-hydrogen) atoms. The van der Waals surface area contributed by atoms with Gasteiger partial charge in [-0.15, -0.1) is 0 Å². The maximum atomic E-state index is 13.0. The molecule has 2 aromatic heterocycles. The Bertz CT molecular complexity index is 1000. The number of nitrogens with zero attached hydrogens (tertiary/aromatic N) is 3. The predicted molar refractivity (Wildman–Crippen MR) is 86.8 cm³/mol. The van der Waals surface area contributed by atoms with Gasteiger partial charge in [-0.25, -0.2) is 9.37 Å². The summed E-state index contributed by atoms with van der Waals surface area (Å²) in [5.74, 6) is -0.196. The largest absolute Gasteiger partial charge is 0.482 e. The zero-order valence-corrected chi connectivity index (χ0v) is 14.0. The summed E-state index contributed by atoms with van der Waals surface area (Å²) < 4.78 is 57.9. The van der Waals surface area contributed by atoms with E-state index in [1.54, 1.807) is 14.0 Å². The smallest absolute Gasteiger partial charge is 0.422 e. The number of fused-ring (bicyclic) bond motifs is 1. The Kier molecular flexibility index (Phi) is 4.47. The average molecular weight is 369 g/mol. The van der Waals surface area contributed by atoms with E-state index in [0.717, 1.165) is 0 Å². The van der Waals surface area contributed by atoms with Crippen molar-refractivity contribution < 1.29 is 22.3 Å². The highest BCUT2D eigenvalue weighted by Crippen LogP contribution is 2.26. The van der Waals surface area contributed by atoms with Crippen LogP contribution in [0.5, 0.6) is 5.75 Å². The molecule has 1 aromatic carbocycles. The highest BCUT2D eigenvalue weighted by molar-refractivity contribution is 5.82. The van der Waals surface area contributed by atoms with Crippen LogP contribution in [0.2, 0.25) is 0 Å². The fourth-order valence-corrected chi connectivity index (χ4v) is 2.65. The molecule has 0 aliphatic heterocycles. The van der Waals surface area contributed by atoms with Gasteiger partial charge in [0.1, 0.15) is 17.0 Å². The number of aryl methyl sites for hydroxylation is 2. The zero-order valence-electron chi connectivity index (χ0n) is 14.0. The molecule has 0 atom stereocenters. The third-order valence-electron chi connectivity index (χ3n) is 3.88. The Morgan fingerprint density at radius 2 is 1.85 bits per heavy atom. The van der Waals surface area contributed by atoms with Crippen LogP contribution in [0.3, 0.4) is 0 Å². The van der Waals surface area contributed by atoms with E-state index in [4.69, 9.17) is 4.74 Å². The van der Waals surface area contributed by atoms with Crippen molar-refractivity contribution in [2.75, 3.05) is 6.61 Å². The highest BCUT2D eigenvalue weighted by Gasteiger charge is 2.29. The standard InChI is InChI=1S/C17H15F4N3O2/c1-10-22-15-14(13(8-23(15)2)26-9-17(19,20)21)16(25)24(10)7-11-3-5-12(18)6-4-11/h3-6,8H,7,9H2,1-2H3. The number of hydrogen-bond donors (Lipinski definition) is 0. The highest BCUT2D eigenvalue weighted by atomic mass is 19.4. The normalized spacial score (nSPS) is 11.9. The van der Waals surface area contributed by atoms with Crippen LogP contribution in [0, 0.1) is 12.7 Å². The second-order valence-corrected chi connectivity index (χ2v) is 5.88. The van der Waals surface area contributed by atoms with E-state index < -0.39 is 24.2 Å². The van der Waals surface area contributed by atoms with Gasteiger partial charge < -0.3 is 9.30 Å². The summed E-state index contributed by atoms with van der Waals surface area (Å²) >= 11 is 0. The van der Waals surface area contributed by atoms with Crippen LogP contribution in [-0.2, 0) is 13.6 Å². The molecular weight excluding hydrogens is 354 g/mol. The van der Waals surface area contributed by atoms with E-state index in [9.17, 15) is 22.4 Å². The Morgan fingerprint density at radius 1 is 1.19 bits per heavy atom. The molecule has 9 heteroatoms. The van der Waals surface area contributed by atoms with E-state index in [2.05, 4.69) is 4.98 Å². The second-order valence-electron chi connectivity index (χ2n) is 5.88. The third kappa shape index (κ3) is 3.56.